The molecule has 1 atom stereocenters. The van der Waals surface area contributed by atoms with E-state index >= 15 is 0 Å². The lowest BCUT2D eigenvalue weighted by molar-refractivity contribution is -0.139. The zero-order valence-electron chi connectivity index (χ0n) is 15.7. The summed E-state index contributed by atoms with van der Waals surface area (Å²) in [7, 11) is 0. The molecule has 1 saturated heterocycles. The fraction of sp³-hybridized carbons (Fsp3) is 0.824. The van der Waals surface area contributed by atoms with E-state index in [-0.39, 0.29) is 28.3 Å². The molecule has 0 bridgehead atoms. The SMILES string of the molecule is CCCSC1CC(=O)N(CCOCCOCCOCCNC(=O)CBr)C1=O. The maximum atomic E-state index is 12.2. The fourth-order valence-corrected chi connectivity index (χ4v) is 3.53. The highest BCUT2D eigenvalue weighted by Crippen LogP contribution is 2.25. The van der Waals surface area contributed by atoms with Crippen molar-refractivity contribution >= 4 is 45.4 Å². The molecule has 0 spiro atoms. The summed E-state index contributed by atoms with van der Waals surface area (Å²) >= 11 is 4.61. The molecule has 1 aliphatic heterocycles. The van der Waals surface area contributed by atoms with Gasteiger partial charge in [0.15, 0.2) is 0 Å². The zero-order chi connectivity index (χ0) is 19.9. The number of hydrogen-bond acceptors (Lipinski definition) is 7. The molecule has 1 rings (SSSR count). The van der Waals surface area contributed by atoms with E-state index in [1.54, 1.807) is 11.8 Å². The van der Waals surface area contributed by atoms with E-state index in [1.165, 1.54) is 4.90 Å². The van der Waals surface area contributed by atoms with E-state index in [0.29, 0.717) is 59.2 Å². The smallest absolute Gasteiger partial charge is 0.242 e. The number of ether oxygens (including phenoxy) is 3. The summed E-state index contributed by atoms with van der Waals surface area (Å²) in [5.41, 5.74) is 0. The zero-order valence-corrected chi connectivity index (χ0v) is 18.1. The number of imide groups is 1. The number of amides is 3. The van der Waals surface area contributed by atoms with E-state index in [2.05, 4.69) is 28.2 Å². The van der Waals surface area contributed by atoms with E-state index in [4.69, 9.17) is 14.2 Å². The minimum atomic E-state index is -0.228. The van der Waals surface area contributed by atoms with Crippen LogP contribution < -0.4 is 5.32 Å². The first-order valence-corrected chi connectivity index (χ1v) is 11.3. The van der Waals surface area contributed by atoms with Crippen molar-refractivity contribution in [2.24, 2.45) is 0 Å². The maximum absolute atomic E-state index is 12.2. The van der Waals surface area contributed by atoms with Gasteiger partial charge in [-0.25, -0.2) is 0 Å². The number of alkyl halides is 1. The summed E-state index contributed by atoms with van der Waals surface area (Å²) in [5, 5.41) is 2.73. The van der Waals surface area contributed by atoms with Gasteiger partial charge in [0.1, 0.15) is 0 Å². The third-order valence-corrected chi connectivity index (χ3v) is 5.54. The monoisotopic (exact) mass is 468 g/mol. The Morgan fingerprint density at radius 1 is 1.15 bits per heavy atom. The van der Waals surface area contributed by atoms with Gasteiger partial charge >= 0.3 is 0 Å². The van der Waals surface area contributed by atoms with Crippen molar-refractivity contribution in [2.75, 3.05) is 63.8 Å². The number of thioether (sulfide) groups is 1. The fourth-order valence-electron chi connectivity index (χ4n) is 2.29. The molecule has 3 amide bonds. The van der Waals surface area contributed by atoms with Crippen LogP contribution in [-0.2, 0) is 28.6 Å². The van der Waals surface area contributed by atoms with Crippen LogP contribution in [0, 0.1) is 0 Å². The molecular formula is C17H29BrN2O6S. The highest BCUT2D eigenvalue weighted by molar-refractivity contribution is 9.09. The Balaban J connectivity index is 1.93. The van der Waals surface area contributed by atoms with Crippen LogP contribution in [0.1, 0.15) is 19.8 Å². The van der Waals surface area contributed by atoms with Crippen LogP contribution in [0.4, 0.5) is 0 Å². The van der Waals surface area contributed by atoms with Crippen LogP contribution in [0.5, 0.6) is 0 Å². The number of carbonyl (C=O) groups is 3. The molecule has 0 saturated carbocycles. The van der Waals surface area contributed by atoms with Crippen molar-refractivity contribution in [1.29, 1.82) is 0 Å². The predicted molar refractivity (Wildman–Crippen MR) is 107 cm³/mol. The van der Waals surface area contributed by atoms with Gasteiger partial charge in [-0.15, -0.1) is 11.8 Å². The second kappa shape index (κ2) is 15.3. The number of nitrogens with zero attached hydrogens (tertiary/aromatic N) is 1. The lowest BCUT2D eigenvalue weighted by Crippen LogP contribution is -2.34. The quantitative estimate of drug-likeness (QED) is 0.203. The molecule has 156 valence electrons. The summed E-state index contributed by atoms with van der Waals surface area (Å²) < 4.78 is 16.1. The van der Waals surface area contributed by atoms with Crippen molar-refractivity contribution in [3.63, 3.8) is 0 Å². The molecule has 1 fully saturated rings. The van der Waals surface area contributed by atoms with Crippen molar-refractivity contribution in [1.82, 2.24) is 10.2 Å². The third kappa shape index (κ3) is 10.4. The lowest BCUT2D eigenvalue weighted by Gasteiger charge is -2.15. The normalized spacial score (nSPS) is 17.0. The second-order valence-electron chi connectivity index (χ2n) is 5.77. The number of hydrogen-bond donors (Lipinski definition) is 1. The average Bonchev–Trinajstić information content (AvgIpc) is 2.94. The summed E-state index contributed by atoms with van der Waals surface area (Å²) in [4.78, 5) is 36.3. The molecule has 0 aromatic rings. The van der Waals surface area contributed by atoms with Crippen LogP contribution >= 0.6 is 27.7 Å². The molecule has 10 heteroatoms. The van der Waals surface area contributed by atoms with Gasteiger partial charge in [-0.1, -0.05) is 22.9 Å². The molecule has 0 radical (unpaired) electrons. The Hall–Kier alpha value is -0.680. The minimum absolute atomic E-state index is 0.0698. The molecule has 1 heterocycles. The largest absolute Gasteiger partial charge is 0.377 e. The highest BCUT2D eigenvalue weighted by atomic mass is 79.9. The van der Waals surface area contributed by atoms with E-state index in [0.717, 1.165) is 12.2 Å². The lowest BCUT2D eigenvalue weighted by atomic mass is 10.4. The highest BCUT2D eigenvalue weighted by Gasteiger charge is 2.38. The first kappa shape index (κ1) is 24.4. The standard InChI is InChI=1S/C17H29BrN2O6S/c1-2-11-27-14-12-16(22)20(17(14)23)4-6-25-8-10-26-9-7-24-5-3-19-15(21)13-18/h14H,2-13H2,1H3,(H,19,21). The summed E-state index contributed by atoms with van der Waals surface area (Å²) in [5.74, 6) is 0.612. The van der Waals surface area contributed by atoms with Gasteiger partial charge in [0.2, 0.25) is 17.7 Å². The van der Waals surface area contributed by atoms with Gasteiger partial charge in [0, 0.05) is 13.0 Å². The van der Waals surface area contributed by atoms with Gasteiger partial charge in [-0.2, -0.15) is 0 Å². The topological polar surface area (TPSA) is 94.2 Å². The van der Waals surface area contributed by atoms with Gasteiger partial charge in [0.05, 0.1) is 56.8 Å². The van der Waals surface area contributed by atoms with Crippen LogP contribution in [0.15, 0.2) is 0 Å². The van der Waals surface area contributed by atoms with Gasteiger partial charge in [-0.05, 0) is 12.2 Å². The average molecular weight is 469 g/mol. The van der Waals surface area contributed by atoms with Crippen molar-refractivity contribution in [2.45, 2.75) is 25.0 Å². The predicted octanol–water partition coefficient (Wildman–Crippen LogP) is 0.818. The number of halogens is 1. The number of likely N-dealkylation sites (tertiary alicyclic amines) is 1. The molecule has 0 aromatic carbocycles. The van der Waals surface area contributed by atoms with E-state index in [9.17, 15) is 14.4 Å². The first-order valence-electron chi connectivity index (χ1n) is 9.11. The molecule has 1 unspecified atom stereocenters. The van der Waals surface area contributed by atoms with Crippen molar-refractivity contribution in [3.8, 4) is 0 Å². The molecule has 8 nitrogen and oxygen atoms in total. The summed E-state index contributed by atoms with van der Waals surface area (Å²) in [6.45, 7) is 5.27. The summed E-state index contributed by atoms with van der Waals surface area (Å²) in [6.07, 6.45) is 1.29. The van der Waals surface area contributed by atoms with Gasteiger partial charge in [-0.3, -0.25) is 19.3 Å². The third-order valence-electron chi connectivity index (χ3n) is 3.62. The Labute approximate surface area is 173 Å². The summed E-state index contributed by atoms with van der Waals surface area (Å²) in [6, 6.07) is 0. The van der Waals surface area contributed by atoms with Crippen molar-refractivity contribution in [3.05, 3.63) is 0 Å². The minimum Gasteiger partial charge on any atom is -0.377 e. The molecular weight excluding hydrogens is 440 g/mol. The molecule has 1 aliphatic rings. The Morgan fingerprint density at radius 3 is 2.41 bits per heavy atom. The Morgan fingerprint density at radius 2 is 1.78 bits per heavy atom. The van der Waals surface area contributed by atoms with Gasteiger partial charge < -0.3 is 19.5 Å². The molecule has 1 N–H and O–H groups in total. The number of nitrogens with one attached hydrogen (secondary N) is 1. The van der Waals surface area contributed by atoms with Crippen molar-refractivity contribution < 1.29 is 28.6 Å². The van der Waals surface area contributed by atoms with Crippen LogP contribution in [0.3, 0.4) is 0 Å². The first-order chi connectivity index (χ1) is 13.1. The number of carbonyl (C=O) groups excluding carboxylic acids is 3. The second-order valence-corrected chi connectivity index (χ2v) is 7.64. The van der Waals surface area contributed by atoms with Crippen LogP contribution in [0.2, 0.25) is 0 Å². The van der Waals surface area contributed by atoms with E-state index in [1.807, 2.05) is 0 Å². The molecule has 27 heavy (non-hydrogen) atoms. The molecule has 0 aliphatic carbocycles. The maximum Gasteiger partial charge on any atom is 0.242 e. The van der Waals surface area contributed by atoms with Gasteiger partial charge in [0.25, 0.3) is 0 Å². The Kier molecular flexibility index (Phi) is 13.8. The Bertz CT molecular complexity index is 469. The van der Waals surface area contributed by atoms with E-state index < -0.39 is 0 Å². The van der Waals surface area contributed by atoms with Crippen LogP contribution in [-0.4, -0.2) is 91.7 Å². The molecule has 0 aromatic heterocycles. The number of rotatable bonds is 16. The van der Waals surface area contributed by atoms with Crippen LogP contribution in [0.25, 0.3) is 0 Å².